The monoisotopic (exact) mass is 729 g/mol. The highest BCUT2D eigenvalue weighted by Crippen LogP contribution is 2.56. The number of fused-ring (bicyclic) bond motifs is 5. The van der Waals surface area contributed by atoms with Crippen LogP contribution in [0.25, 0.3) is 16.8 Å². The molecule has 0 fully saturated rings. The van der Waals surface area contributed by atoms with Gasteiger partial charge in [-0.1, -0.05) is 153 Å². The lowest BCUT2D eigenvalue weighted by Gasteiger charge is -2.46. The van der Waals surface area contributed by atoms with E-state index in [0.717, 1.165) is 28.4 Å². The van der Waals surface area contributed by atoms with Gasteiger partial charge in [0.2, 0.25) is 6.71 Å². The summed E-state index contributed by atoms with van der Waals surface area (Å²) in [6.45, 7) is 4.91. The number of benzene rings is 8. The predicted octanol–water partition coefficient (Wildman–Crippen LogP) is 12.6. The van der Waals surface area contributed by atoms with E-state index in [1.54, 1.807) is 0 Å². The first-order valence-corrected chi connectivity index (χ1v) is 19.9. The third-order valence-electron chi connectivity index (χ3n) is 12.2. The Morgan fingerprint density at radius 1 is 0.439 bits per heavy atom. The van der Waals surface area contributed by atoms with E-state index in [1.807, 2.05) is 0 Å². The lowest BCUT2D eigenvalue weighted by Crippen LogP contribution is -2.57. The topological polar surface area (TPSA) is 9.72 Å². The van der Waals surface area contributed by atoms with E-state index < -0.39 is 0 Å². The zero-order valence-electron chi connectivity index (χ0n) is 32.0. The number of para-hydroxylation sites is 3. The molecule has 3 nitrogen and oxygen atoms in total. The first-order chi connectivity index (χ1) is 28.1. The van der Waals surface area contributed by atoms with Crippen molar-refractivity contribution in [3.8, 4) is 11.1 Å². The Morgan fingerprint density at radius 2 is 1.00 bits per heavy atom. The summed E-state index contributed by atoms with van der Waals surface area (Å²) in [4.78, 5) is 7.44. The second kappa shape index (κ2) is 13.0. The van der Waals surface area contributed by atoms with Crippen LogP contribution in [-0.4, -0.2) is 6.71 Å². The van der Waals surface area contributed by atoms with Gasteiger partial charge >= 0.3 is 0 Å². The number of allylic oxidation sites excluding steroid dienone is 1. The van der Waals surface area contributed by atoms with Crippen molar-refractivity contribution < 1.29 is 0 Å². The summed E-state index contributed by atoms with van der Waals surface area (Å²) in [6.07, 6.45) is 0. The SMILES string of the molecule is CC1(C)C2=C(c3ccccc31)N(c1cccc(-c3ccccc3)c1)c1cccc3c1B2c1ccc(N(c2ccccc2)c2ccccc2)cc1N3c1ccccc1. The molecule has 0 N–H and O–H groups in total. The first-order valence-electron chi connectivity index (χ1n) is 19.9. The molecule has 0 spiro atoms. The summed E-state index contributed by atoms with van der Waals surface area (Å²) < 4.78 is 0. The smallest absolute Gasteiger partial charge is 0.248 e. The lowest BCUT2D eigenvalue weighted by atomic mass is 9.30. The molecule has 2 heterocycles. The van der Waals surface area contributed by atoms with Gasteiger partial charge in [0, 0.05) is 62.2 Å². The minimum atomic E-state index is -0.234. The third-order valence-corrected chi connectivity index (χ3v) is 12.2. The summed E-state index contributed by atoms with van der Waals surface area (Å²) in [5.41, 5.74) is 19.6. The van der Waals surface area contributed by atoms with Gasteiger partial charge in [-0.05, 0) is 100 Å². The molecule has 8 aromatic carbocycles. The van der Waals surface area contributed by atoms with Gasteiger partial charge < -0.3 is 14.7 Å². The largest absolute Gasteiger partial charge is 0.311 e. The van der Waals surface area contributed by atoms with Crippen LogP contribution in [0.4, 0.5) is 45.5 Å². The number of hydrogen-bond acceptors (Lipinski definition) is 3. The van der Waals surface area contributed by atoms with Crippen LogP contribution in [0, 0.1) is 0 Å². The second-order valence-corrected chi connectivity index (χ2v) is 15.7. The molecule has 8 aromatic rings. The van der Waals surface area contributed by atoms with Gasteiger partial charge in [-0.3, -0.25) is 0 Å². The number of hydrogen-bond donors (Lipinski definition) is 0. The molecule has 3 aliphatic rings. The van der Waals surface area contributed by atoms with Gasteiger partial charge in [-0.2, -0.15) is 0 Å². The molecule has 0 aromatic heterocycles. The van der Waals surface area contributed by atoms with Crippen LogP contribution in [0.5, 0.6) is 0 Å². The van der Waals surface area contributed by atoms with Gasteiger partial charge in [-0.15, -0.1) is 0 Å². The summed E-state index contributed by atoms with van der Waals surface area (Å²) in [7, 11) is 0. The molecular formula is C53H40BN3. The fourth-order valence-corrected chi connectivity index (χ4v) is 9.78. The van der Waals surface area contributed by atoms with Gasteiger partial charge in [0.1, 0.15) is 0 Å². The molecule has 0 saturated carbocycles. The summed E-state index contributed by atoms with van der Waals surface area (Å²) in [5, 5.41) is 0. The van der Waals surface area contributed by atoms with E-state index in [9.17, 15) is 0 Å². The zero-order valence-corrected chi connectivity index (χ0v) is 32.0. The molecule has 0 atom stereocenters. The van der Waals surface area contributed by atoms with Crippen LogP contribution in [-0.2, 0) is 5.41 Å². The minimum Gasteiger partial charge on any atom is -0.311 e. The van der Waals surface area contributed by atoms with Crippen LogP contribution in [0.1, 0.15) is 25.0 Å². The molecule has 0 unspecified atom stereocenters. The van der Waals surface area contributed by atoms with Gasteiger partial charge in [-0.25, -0.2) is 0 Å². The Hall–Kier alpha value is -7.04. The zero-order chi connectivity index (χ0) is 38.1. The highest BCUT2D eigenvalue weighted by atomic mass is 15.2. The minimum absolute atomic E-state index is 0.0352. The van der Waals surface area contributed by atoms with E-state index >= 15 is 0 Å². The molecule has 2 aliphatic heterocycles. The quantitative estimate of drug-likeness (QED) is 0.158. The lowest BCUT2D eigenvalue weighted by molar-refractivity contribution is 0.666. The van der Waals surface area contributed by atoms with Crippen molar-refractivity contribution in [1.29, 1.82) is 0 Å². The summed E-state index contributed by atoms with van der Waals surface area (Å²) in [6, 6.07) is 75.3. The fraction of sp³-hybridized carbons (Fsp3) is 0.0566. The van der Waals surface area contributed by atoms with Crippen LogP contribution in [0.3, 0.4) is 0 Å². The third kappa shape index (κ3) is 5.14. The van der Waals surface area contributed by atoms with E-state index in [4.69, 9.17) is 0 Å². The maximum Gasteiger partial charge on any atom is 0.248 e. The maximum atomic E-state index is 2.57. The molecule has 0 bridgehead atoms. The predicted molar refractivity (Wildman–Crippen MR) is 241 cm³/mol. The molecule has 0 amide bonds. The van der Waals surface area contributed by atoms with Crippen molar-refractivity contribution in [2.75, 3.05) is 14.7 Å². The molecule has 4 heteroatoms. The van der Waals surface area contributed by atoms with E-state index in [0.29, 0.717) is 0 Å². The van der Waals surface area contributed by atoms with E-state index in [1.165, 1.54) is 61.4 Å². The standard InChI is InChI=1S/C53H40BN3/c1-53(2)45-30-16-15-29-44(45)51-52(53)54-46-34-33-43(55(39-22-9-4-10-23-39)40-24-11-5-12-25-40)36-49(46)56(41-26-13-6-14-27-41)47-31-18-32-48(50(47)54)57(51)42-28-17-21-38(35-42)37-19-7-3-8-20-37/h3-36H,1-2H3. The van der Waals surface area contributed by atoms with Gasteiger partial charge in [0.25, 0.3) is 0 Å². The van der Waals surface area contributed by atoms with Crippen LogP contribution in [0.2, 0.25) is 0 Å². The average Bonchev–Trinajstić information content (AvgIpc) is 3.51. The Bertz CT molecular complexity index is 2790. The molecule has 270 valence electrons. The molecular weight excluding hydrogens is 689 g/mol. The van der Waals surface area contributed by atoms with Crippen LogP contribution < -0.4 is 25.6 Å². The second-order valence-electron chi connectivity index (χ2n) is 15.7. The van der Waals surface area contributed by atoms with Gasteiger partial charge in [0.15, 0.2) is 0 Å². The molecule has 57 heavy (non-hydrogen) atoms. The number of rotatable bonds is 6. The summed E-state index contributed by atoms with van der Waals surface area (Å²) >= 11 is 0. The Morgan fingerprint density at radius 3 is 1.70 bits per heavy atom. The Kier molecular flexibility index (Phi) is 7.62. The molecule has 1 aliphatic carbocycles. The van der Waals surface area contributed by atoms with E-state index in [2.05, 4.69) is 235 Å². The van der Waals surface area contributed by atoms with Crippen molar-refractivity contribution in [3.63, 3.8) is 0 Å². The van der Waals surface area contributed by atoms with Crippen LogP contribution in [0.15, 0.2) is 212 Å². The van der Waals surface area contributed by atoms with Gasteiger partial charge in [0.05, 0.1) is 0 Å². The summed E-state index contributed by atoms with van der Waals surface area (Å²) in [5.74, 6) is 0. The first kappa shape index (κ1) is 33.3. The maximum absolute atomic E-state index is 2.57. The molecule has 11 rings (SSSR count). The van der Waals surface area contributed by atoms with Crippen molar-refractivity contribution in [2.45, 2.75) is 19.3 Å². The number of nitrogens with zero attached hydrogens (tertiary/aromatic N) is 3. The number of anilines is 8. The van der Waals surface area contributed by atoms with Crippen molar-refractivity contribution in [1.82, 2.24) is 0 Å². The highest BCUT2D eigenvalue weighted by Gasteiger charge is 2.52. The average molecular weight is 730 g/mol. The van der Waals surface area contributed by atoms with Crippen molar-refractivity contribution >= 4 is 68.8 Å². The fourth-order valence-electron chi connectivity index (χ4n) is 9.78. The molecule has 0 radical (unpaired) electrons. The Balaban J connectivity index is 1.20. The normalized spacial score (nSPS) is 14.5. The van der Waals surface area contributed by atoms with Crippen LogP contribution >= 0.6 is 0 Å². The highest BCUT2D eigenvalue weighted by molar-refractivity contribution is 6.96. The molecule has 0 saturated heterocycles. The van der Waals surface area contributed by atoms with Crippen molar-refractivity contribution in [3.05, 3.63) is 223 Å². The van der Waals surface area contributed by atoms with E-state index in [-0.39, 0.29) is 12.1 Å². The Labute approximate surface area is 335 Å². The van der Waals surface area contributed by atoms with Crippen molar-refractivity contribution in [2.24, 2.45) is 0 Å².